The molecule has 0 bridgehead atoms. The molecule has 1 aliphatic heterocycles. The Hall–Kier alpha value is -1.43. The number of aryl methyl sites for hydroxylation is 1. The number of rotatable bonds is 2. The van der Waals surface area contributed by atoms with Crippen LogP contribution in [-0.4, -0.2) is 40.8 Å². The highest BCUT2D eigenvalue weighted by atomic mass is 32.1. The lowest BCUT2D eigenvalue weighted by Gasteiger charge is -2.30. The zero-order chi connectivity index (χ0) is 15.0. The Morgan fingerprint density at radius 3 is 2.76 bits per heavy atom. The lowest BCUT2D eigenvalue weighted by atomic mass is 9.79. The quantitative estimate of drug-likeness (QED) is 0.906. The molecule has 1 saturated carbocycles. The maximum Gasteiger partial charge on any atom is 0.265 e. The molecule has 5 nitrogen and oxygen atoms in total. The molecule has 1 N–H and O–H groups in total. The number of nitrogens with one attached hydrogen (secondary N) is 1. The smallest absolute Gasteiger partial charge is 0.265 e. The fraction of sp³-hybridized carbons (Fsp3) is 0.667. The third-order valence-electron chi connectivity index (χ3n) is 4.58. The van der Waals surface area contributed by atoms with Crippen molar-refractivity contribution < 1.29 is 9.59 Å². The SMILES string of the molecule is CC(=O)NC1CCC2CN(C(=O)c3cnc(C)s3)CC2C1. The average molecular weight is 307 g/mol. The van der Waals surface area contributed by atoms with Crippen LogP contribution >= 0.6 is 11.3 Å². The normalized spacial score (nSPS) is 28.3. The molecule has 3 rings (SSSR count). The maximum atomic E-state index is 12.5. The van der Waals surface area contributed by atoms with Gasteiger partial charge in [0.25, 0.3) is 5.91 Å². The number of carbonyl (C=O) groups excluding carboxylic acids is 2. The molecule has 6 heteroatoms. The summed E-state index contributed by atoms with van der Waals surface area (Å²) in [6, 6.07) is 0.282. The van der Waals surface area contributed by atoms with Gasteiger partial charge in [-0.2, -0.15) is 0 Å². The number of hydrogen-bond acceptors (Lipinski definition) is 4. The van der Waals surface area contributed by atoms with Gasteiger partial charge in [-0.3, -0.25) is 9.59 Å². The summed E-state index contributed by atoms with van der Waals surface area (Å²) in [5, 5.41) is 3.95. The van der Waals surface area contributed by atoms with E-state index in [9.17, 15) is 9.59 Å². The first kappa shape index (κ1) is 14.5. The Labute approximate surface area is 128 Å². The van der Waals surface area contributed by atoms with Gasteiger partial charge >= 0.3 is 0 Å². The van der Waals surface area contributed by atoms with Crippen LogP contribution in [0.1, 0.15) is 40.9 Å². The average Bonchev–Trinajstić information content (AvgIpc) is 3.02. The molecule has 3 unspecified atom stereocenters. The highest BCUT2D eigenvalue weighted by Crippen LogP contribution is 2.37. The topological polar surface area (TPSA) is 62.3 Å². The second kappa shape index (κ2) is 5.75. The third kappa shape index (κ3) is 3.10. The molecule has 1 saturated heterocycles. The van der Waals surface area contributed by atoms with Crippen molar-refractivity contribution in [1.82, 2.24) is 15.2 Å². The van der Waals surface area contributed by atoms with Gasteiger partial charge in [0.15, 0.2) is 0 Å². The molecule has 2 amide bonds. The van der Waals surface area contributed by atoms with Crippen molar-refractivity contribution in [3.8, 4) is 0 Å². The first-order valence-electron chi connectivity index (χ1n) is 7.51. The number of amides is 2. The van der Waals surface area contributed by atoms with E-state index in [2.05, 4.69) is 10.3 Å². The standard InChI is InChI=1S/C15H21N3O2S/c1-9(19)17-13-4-3-11-7-18(8-12(11)5-13)15(20)14-6-16-10(2)21-14/h6,11-13H,3-5,7-8H2,1-2H3,(H,17,19). The van der Waals surface area contributed by atoms with Crippen molar-refractivity contribution in [2.45, 2.75) is 39.2 Å². The van der Waals surface area contributed by atoms with Crippen molar-refractivity contribution in [1.29, 1.82) is 0 Å². The molecule has 0 aromatic carbocycles. The number of aromatic nitrogens is 1. The van der Waals surface area contributed by atoms with Gasteiger partial charge in [-0.1, -0.05) is 0 Å². The van der Waals surface area contributed by atoms with E-state index >= 15 is 0 Å². The highest BCUT2D eigenvalue weighted by Gasteiger charge is 2.39. The minimum absolute atomic E-state index is 0.0458. The molecule has 1 aliphatic carbocycles. The van der Waals surface area contributed by atoms with Crippen LogP contribution in [0.4, 0.5) is 0 Å². The van der Waals surface area contributed by atoms with Crippen molar-refractivity contribution in [2.24, 2.45) is 11.8 Å². The van der Waals surface area contributed by atoms with Crippen LogP contribution in [-0.2, 0) is 4.79 Å². The Morgan fingerprint density at radius 2 is 2.10 bits per heavy atom. The van der Waals surface area contributed by atoms with Crippen molar-refractivity contribution >= 4 is 23.2 Å². The van der Waals surface area contributed by atoms with E-state index in [0.29, 0.717) is 11.8 Å². The van der Waals surface area contributed by atoms with Crippen LogP contribution in [0, 0.1) is 18.8 Å². The van der Waals surface area contributed by atoms with Gasteiger partial charge in [0.1, 0.15) is 4.88 Å². The summed E-state index contributed by atoms with van der Waals surface area (Å²) in [6.07, 6.45) is 4.81. The first-order chi connectivity index (χ1) is 10.0. The highest BCUT2D eigenvalue weighted by molar-refractivity contribution is 7.13. The minimum atomic E-state index is 0.0458. The fourth-order valence-electron chi connectivity index (χ4n) is 3.63. The van der Waals surface area contributed by atoms with Crippen LogP contribution in [0.15, 0.2) is 6.20 Å². The molecular formula is C15H21N3O2S. The molecule has 3 atom stereocenters. The lowest BCUT2D eigenvalue weighted by Crippen LogP contribution is -2.39. The zero-order valence-corrected chi connectivity index (χ0v) is 13.3. The van der Waals surface area contributed by atoms with Crippen LogP contribution in [0.3, 0.4) is 0 Å². The molecule has 1 aromatic rings. The van der Waals surface area contributed by atoms with Gasteiger partial charge in [0, 0.05) is 26.1 Å². The van der Waals surface area contributed by atoms with E-state index in [1.807, 2.05) is 11.8 Å². The zero-order valence-electron chi connectivity index (χ0n) is 12.5. The van der Waals surface area contributed by atoms with Crippen molar-refractivity contribution in [3.05, 3.63) is 16.1 Å². The minimum Gasteiger partial charge on any atom is -0.354 e. The molecule has 2 heterocycles. The Kier molecular flexibility index (Phi) is 3.97. The monoisotopic (exact) mass is 307 g/mol. The fourth-order valence-corrected chi connectivity index (χ4v) is 4.38. The van der Waals surface area contributed by atoms with Gasteiger partial charge in [-0.25, -0.2) is 4.98 Å². The summed E-state index contributed by atoms with van der Waals surface area (Å²) in [7, 11) is 0. The van der Waals surface area contributed by atoms with Crippen LogP contribution in [0.5, 0.6) is 0 Å². The molecule has 2 aliphatic rings. The molecule has 114 valence electrons. The largest absolute Gasteiger partial charge is 0.354 e. The predicted octanol–water partition coefficient (Wildman–Crippen LogP) is 1.83. The van der Waals surface area contributed by atoms with E-state index < -0.39 is 0 Å². The summed E-state index contributed by atoms with van der Waals surface area (Å²) in [5.41, 5.74) is 0. The Balaban J connectivity index is 1.62. The van der Waals surface area contributed by atoms with Crippen molar-refractivity contribution in [3.63, 3.8) is 0 Å². The lowest BCUT2D eigenvalue weighted by molar-refractivity contribution is -0.120. The molecule has 2 fully saturated rings. The summed E-state index contributed by atoms with van der Waals surface area (Å²) < 4.78 is 0. The number of carbonyl (C=O) groups is 2. The van der Waals surface area contributed by atoms with E-state index in [1.165, 1.54) is 11.3 Å². The van der Waals surface area contributed by atoms with Gasteiger partial charge in [-0.15, -0.1) is 11.3 Å². The van der Waals surface area contributed by atoms with Crippen LogP contribution in [0.2, 0.25) is 0 Å². The van der Waals surface area contributed by atoms with Crippen LogP contribution < -0.4 is 5.32 Å². The van der Waals surface area contributed by atoms with Crippen LogP contribution in [0.25, 0.3) is 0 Å². The number of fused-ring (bicyclic) bond motifs is 1. The number of hydrogen-bond donors (Lipinski definition) is 1. The molecule has 0 radical (unpaired) electrons. The summed E-state index contributed by atoms with van der Waals surface area (Å²) >= 11 is 1.47. The number of likely N-dealkylation sites (tertiary alicyclic amines) is 1. The summed E-state index contributed by atoms with van der Waals surface area (Å²) in [5.74, 6) is 1.28. The molecule has 21 heavy (non-hydrogen) atoms. The molecule has 0 spiro atoms. The van der Waals surface area contributed by atoms with E-state index in [4.69, 9.17) is 0 Å². The van der Waals surface area contributed by atoms with E-state index in [0.717, 1.165) is 42.2 Å². The predicted molar refractivity (Wildman–Crippen MR) is 81.2 cm³/mol. The molecule has 1 aromatic heterocycles. The molecular weight excluding hydrogens is 286 g/mol. The van der Waals surface area contributed by atoms with Gasteiger partial charge in [-0.05, 0) is 38.0 Å². The summed E-state index contributed by atoms with van der Waals surface area (Å²) in [6.45, 7) is 5.16. The van der Waals surface area contributed by atoms with E-state index in [1.54, 1.807) is 13.1 Å². The second-order valence-corrected chi connectivity index (χ2v) is 7.42. The Morgan fingerprint density at radius 1 is 1.33 bits per heavy atom. The maximum absolute atomic E-state index is 12.5. The van der Waals surface area contributed by atoms with Gasteiger partial charge < -0.3 is 10.2 Å². The first-order valence-corrected chi connectivity index (χ1v) is 8.33. The Bertz CT molecular complexity index is 557. The summed E-state index contributed by atoms with van der Waals surface area (Å²) in [4.78, 5) is 30.6. The van der Waals surface area contributed by atoms with Crippen molar-refractivity contribution in [2.75, 3.05) is 13.1 Å². The van der Waals surface area contributed by atoms with Gasteiger partial charge in [0.2, 0.25) is 5.91 Å². The number of nitrogens with zero attached hydrogens (tertiary/aromatic N) is 2. The van der Waals surface area contributed by atoms with E-state index in [-0.39, 0.29) is 17.9 Å². The van der Waals surface area contributed by atoms with Gasteiger partial charge in [0.05, 0.1) is 11.2 Å². The third-order valence-corrected chi connectivity index (χ3v) is 5.48. The second-order valence-electron chi connectivity index (χ2n) is 6.18. The number of thiazole rings is 1.